The lowest BCUT2D eigenvalue weighted by Gasteiger charge is -2.05. The van der Waals surface area contributed by atoms with E-state index < -0.39 is 0 Å². The Morgan fingerprint density at radius 2 is 2.00 bits per heavy atom. The highest BCUT2D eigenvalue weighted by molar-refractivity contribution is 5.97. The topological polar surface area (TPSA) is 9.23 Å². The fourth-order valence-corrected chi connectivity index (χ4v) is 1.82. The summed E-state index contributed by atoms with van der Waals surface area (Å²) in [7, 11) is 0.920. The molecule has 0 aliphatic heterocycles. The zero-order valence-electron chi connectivity index (χ0n) is 6.23. The molecule has 0 saturated heterocycles. The summed E-state index contributed by atoms with van der Waals surface area (Å²) in [4.78, 5) is 0. The summed E-state index contributed by atoms with van der Waals surface area (Å²) in [5.41, 5.74) is 0. The standard InChI is InChI=1S/C7H16OSi/c9-8-6-5-7-3-1-2-4-7/h7H,1-6H2,9H3. The first-order chi connectivity index (χ1) is 4.43. The first-order valence-corrected chi connectivity index (χ1v) is 4.74. The molecule has 0 bridgehead atoms. The van der Waals surface area contributed by atoms with Crippen molar-refractivity contribution in [1.82, 2.24) is 0 Å². The Labute approximate surface area is 60.3 Å². The molecule has 0 radical (unpaired) electrons. The van der Waals surface area contributed by atoms with Gasteiger partial charge in [-0.15, -0.1) is 0 Å². The molecule has 0 unspecified atom stereocenters. The molecule has 9 heavy (non-hydrogen) atoms. The molecule has 0 aromatic rings. The van der Waals surface area contributed by atoms with E-state index in [0.29, 0.717) is 0 Å². The van der Waals surface area contributed by atoms with E-state index >= 15 is 0 Å². The van der Waals surface area contributed by atoms with Crippen molar-refractivity contribution in [3.05, 3.63) is 0 Å². The first-order valence-electron chi connectivity index (χ1n) is 3.92. The van der Waals surface area contributed by atoms with Crippen molar-refractivity contribution in [1.29, 1.82) is 0 Å². The normalized spacial score (nSPS) is 21.3. The smallest absolute Gasteiger partial charge is 0.145 e. The fourth-order valence-electron chi connectivity index (χ4n) is 1.58. The summed E-state index contributed by atoms with van der Waals surface area (Å²) in [6, 6.07) is 0. The second-order valence-corrected chi connectivity index (χ2v) is 3.51. The van der Waals surface area contributed by atoms with Crippen molar-refractivity contribution >= 4 is 10.5 Å². The molecule has 1 aliphatic carbocycles. The van der Waals surface area contributed by atoms with Crippen molar-refractivity contribution in [2.75, 3.05) is 6.61 Å². The maximum absolute atomic E-state index is 5.14. The third-order valence-electron chi connectivity index (χ3n) is 2.20. The molecule has 2 heteroatoms. The van der Waals surface area contributed by atoms with Crippen LogP contribution in [0.1, 0.15) is 32.1 Å². The van der Waals surface area contributed by atoms with Gasteiger partial charge in [0.05, 0.1) is 0 Å². The summed E-state index contributed by atoms with van der Waals surface area (Å²) < 4.78 is 5.14. The summed E-state index contributed by atoms with van der Waals surface area (Å²) in [5, 5.41) is 0. The van der Waals surface area contributed by atoms with Crippen molar-refractivity contribution in [2.24, 2.45) is 5.92 Å². The van der Waals surface area contributed by atoms with E-state index in [0.717, 1.165) is 23.0 Å². The minimum atomic E-state index is 0.920. The second-order valence-electron chi connectivity index (χ2n) is 2.93. The van der Waals surface area contributed by atoms with E-state index in [1.54, 1.807) is 0 Å². The lowest BCUT2D eigenvalue weighted by Crippen LogP contribution is -1.98. The van der Waals surface area contributed by atoms with Gasteiger partial charge in [0, 0.05) is 6.61 Å². The highest BCUT2D eigenvalue weighted by Gasteiger charge is 2.13. The molecule has 1 rings (SSSR count). The van der Waals surface area contributed by atoms with Crippen LogP contribution < -0.4 is 0 Å². The van der Waals surface area contributed by atoms with Crippen LogP contribution in [0.3, 0.4) is 0 Å². The molecule has 0 amide bonds. The summed E-state index contributed by atoms with van der Waals surface area (Å²) >= 11 is 0. The van der Waals surface area contributed by atoms with Crippen molar-refractivity contribution in [2.45, 2.75) is 32.1 Å². The van der Waals surface area contributed by atoms with Gasteiger partial charge in [-0.3, -0.25) is 0 Å². The molecule has 1 nitrogen and oxygen atoms in total. The van der Waals surface area contributed by atoms with Crippen LogP contribution in [-0.2, 0) is 4.43 Å². The van der Waals surface area contributed by atoms with E-state index in [9.17, 15) is 0 Å². The minimum absolute atomic E-state index is 0.920. The lowest BCUT2D eigenvalue weighted by atomic mass is 10.1. The molecule has 54 valence electrons. The average molecular weight is 144 g/mol. The highest BCUT2D eigenvalue weighted by Crippen LogP contribution is 2.26. The Morgan fingerprint density at radius 3 is 2.56 bits per heavy atom. The monoisotopic (exact) mass is 144 g/mol. The zero-order valence-corrected chi connectivity index (χ0v) is 8.23. The Morgan fingerprint density at radius 1 is 1.33 bits per heavy atom. The van der Waals surface area contributed by atoms with Gasteiger partial charge in [-0.1, -0.05) is 25.7 Å². The predicted octanol–water partition coefficient (Wildman–Crippen LogP) is 0.864. The SMILES string of the molecule is [SiH3]OCCC1CCCC1. The van der Waals surface area contributed by atoms with Crippen LogP contribution in [0.5, 0.6) is 0 Å². The van der Waals surface area contributed by atoms with Gasteiger partial charge in [-0.2, -0.15) is 0 Å². The van der Waals surface area contributed by atoms with E-state index in [-0.39, 0.29) is 0 Å². The molecule has 0 N–H and O–H groups in total. The van der Waals surface area contributed by atoms with Crippen LogP contribution in [0.25, 0.3) is 0 Å². The van der Waals surface area contributed by atoms with Gasteiger partial charge in [0.25, 0.3) is 0 Å². The number of rotatable bonds is 3. The molecule has 0 atom stereocenters. The minimum Gasteiger partial charge on any atom is -0.428 e. The Hall–Kier alpha value is 0.177. The first kappa shape index (κ1) is 7.29. The van der Waals surface area contributed by atoms with Crippen molar-refractivity contribution in [3.8, 4) is 0 Å². The quantitative estimate of drug-likeness (QED) is 0.534. The molecule has 1 saturated carbocycles. The van der Waals surface area contributed by atoms with Gasteiger partial charge in [0.15, 0.2) is 0 Å². The van der Waals surface area contributed by atoms with Gasteiger partial charge >= 0.3 is 0 Å². The molecular formula is C7H16OSi. The van der Waals surface area contributed by atoms with Crippen molar-refractivity contribution < 1.29 is 4.43 Å². The molecule has 0 aromatic heterocycles. The van der Waals surface area contributed by atoms with Crippen LogP contribution in [0, 0.1) is 5.92 Å². The third kappa shape index (κ3) is 2.50. The predicted molar refractivity (Wildman–Crippen MR) is 42.5 cm³/mol. The van der Waals surface area contributed by atoms with Gasteiger partial charge in [-0.25, -0.2) is 0 Å². The van der Waals surface area contributed by atoms with Gasteiger partial charge < -0.3 is 4.43 Å². The summed E-state index contributed by atoms with van der Waals surface area (Å²) in [5.74, 6) is 1.01. The average Bonchev–Trinajstić information content (AvgIpc) is 2.34. The van der Waals surface area contributed by atoms with E-state index in [1.165, 1.54) is 32.1 Å². The van der Waals surface area contributed by atoms with Gasteiger partial charge in [0.1, 0.15) is 10.5 Å². The largest absolute Gasteiger partial charge is 0.428 e. The summed E-state index contributed by atoms with van der Waals surface area (Å²) in [6.07, 6.45) is 7.18. The van der Waals surface area contributed by atoms with Crippen molar-refractivity contribution in [3.63, 3.8) is 0 Å². The Kier molecular flexibility index (Phi) is 3.29. The molecule has 0 aromatic carbocycles. The molecule has 0 spiro atoms. The van der Waals surface area contributed by atoms with Crippen LogP contribution in [0.2, 0.25) is 0 Å². The van der Waals surface area contributed by atoms with E-state index in [4.69, 9.17) is 4.43 Å². The maximum atomic E-state index is 5.14. The second kappa shape index (κ2) is 4.07. The van der Waals surface area contributed by atoms with Crippen LogP contribution >= 0.6 is 0 Å². The number of hydrogen-bond donors (Lipinski definition) is 0. The zero-order chi connectivity index (χ0) is 6.53. The lowest BCUT2D eigenvalue weighted by molar-refractivity contribution is 0.302. The molecule has 1 aliphatic rings. The van der Waals surface area contributed by atoms with Crippen LogP contribution in [-0.4, -0.2) is 17.1 Å². The van der Waals surface area contributed by atoms with Gasteiger partial charge in [-0.05, 0) is 12.3 Å². The highest BCUT2D eigenvalue weighted by atomic mass is 28.2. The van der Waals surface area contributed by atoms with Crippen LogP contribution in [0.15, 0.2) is 0 Å². The van der Waals surface area contributed by atoms with Crippen LogP contribution in [0.4, 0.5) is 0 Å². The fraction of sp³-hybridized carbons (Fsp3) is 1.00. The molecule has 1 fully saturated rings. The van der Waals surface area contributed by atoms with Gasteiger partial charge in [0.2, 0.25) is 0 Å². The molecule has 0 heterocycles. The molecular weight excluding hydrogens is 128 g/mol. The number of hydrogen-bond acceptors (Lipinski definition) is 1. The Bertz CT molecular complexity index is 69.3. The third-order valence-corrected chi connectivity index (χ3v) is 2.61. The van der Waals surface area contributed by atoms with E-state index in [2.05, 4.69) is 0 Å². The summed E-state index contributed by atoms with van der Waals surface area (Å²) in [6.45, 7) is 1.02. The maximum Gasteiger partial charge on any atom is 0.145 e. The van der Waals surface area contributed by atoms with E-state index in [1.807, 2.05) is 0 Å². The Balaban J connectivity index is 1.98.